The SMILES string of the molecule is CCOC(=O)c1[nH]c(C)c(C(=O)COC(=O)c2[nH]c(C)c(C(=O)OCC)c2C)c1C. The number of carbonyl (C=O) groups is 4. The number of nitrogens with one attached hydrogen (secondary N) is 2. The molecule has 0 amide bonds. The summed E-state index contributed by atoms with van der Waals surface area (Å²) in [6.07, 6.45) is 0. The first-order valence-corrected chi connectivity index (χ1v) is 9.56. The molecule has 0 aromatic carbocycles. The van der Waals surface area contributed by atoms with Gasteiger partial charge in [-0.1, -0.05) is 0 Å². The largest absolute Gasteiger partial charge is 0.462 e. The normalized spacial score (nSPS) is 10.6. The summed E-state index contributed by atoms with van der Waals surface area (Å²) in [4.78, 5) is 54.8. The molecule has 0 saturated heterocycles. The van der Waals surface area contributed by atoms with Crippen LogP contribution in [0.25, 0.3) is 0 Å². The number of carbonyl (C=O) groups excluding carboxylic acids is 4. The van der Waals surface area contributed by atoms with Crippen molar-refractivity contribution in [2.45, 2.75) is 41.5 Å². The van der Waals surface area contributed by atoms with Gasteiger partial charge in [-0.25, -0.2) is 14.4 Å². The van der Waals surface area contributed by atoms with Gasteiger partial charge in [-0.3, -0.25) is 4.79 Å². The Bertz CT molecular complexity index is 998. The van der Waals surface area contributed by atoms with Gasteiger partial charge >= 0.3 is 17.9 Å². The first kappa shape index (κ1) is 22.9. The van der Waals surface area contributed by atoms with Gasteiger partial charge in [-0.2, -0.15) is 0 Å². The van der Waals surface area contributed by atoms with Crippen molar-refractivity contribution in [3.05, 3.63) is 45.0 Å². The van der Waals surface area contributed by atoms with E-state index in [1.54, 1.807) is 41.5 Å². The highest BCUT2D eigenvalue weighted by Crippen LogP contribution is 2.22. The Morgan fingerprint density at radius 3 is 1.63 bits per heavy atom. The van der Waals surface area contributed by atoms with Crippen molar-refractivity contribution in [2.75, 3.05) is 19.8 Å². The summed E-state index contributed by atoms with van der Waals surface area (Å²) in [5.41, 5.74) is 2.60. The highest BCUT2D eigenvalue weighted by Gasteiger charge is 2.26. The Balaban J connectivity index is 2.16. The average molecular weight is 418 g/mol. The molecule has 0 radical (unpaired) electrons. The maximum absolute atomic E-state index is 12.6. The first-order valence-electron chi connectivity index (χ1n) is 9.56. The van der Waals surface area contributed by atoms with Crippen LogP contribution in [0.3, 0.4) is 0 Å². The fourth-order valence-electron chi connectivity index (χ4n) is 3.31. The fraction of sp³-hybridized carbons (Fsp3) is 0.429. The van der Waals surface area contributed by atoms with Crippen LogP contribution in [0.5, 0.6) is 0 Å². The van der Waals surface area contributed by atoms with E-state index in [1.807, 2.05) is 0 Å². The topological polar surface area (TPSA) is 128 Å². The smallest absolute Gasteiger partial charge is 0.355 e. The Labute approximate surface area is 174 Å². The van der Waals surface area contributed by atoms with E-state index in [1.165, 1.54) is 0 Å². The second-order valence-corrected chi connectivity index (χ2v) is 6.69. The van der Waals surface area contributed by atoms with Gasteiger partial charge in [0.1, 0.15) is 11.4 Å². The van der Waals surface area contributed by atoms with Crippen LogP contribution in [0.15, 0.2) is 0 Å². The van der Waals surface area contributed by atoms with Gasteiger partial charge < -0.3 is 24.2 Å². The van der Waals surface area contributed by atoms with E-state index < -0.39 is 30.3 Å². The number of aromatic amines is 2. The minimum absolute atomic E-state index is 0.0816. The minimum atomic E-state index is -0.768. The number of esters is 3. The molecular formula is C21H26N2O7. The molecule has 0 bridgehead atoms. The van der Waals surface area contributed by atoms with Crippen LogP contribution in [0.2, 0.25) is 0 Å². The van der Waals surface area contributed by atoms with E-state index in [0.717, 1.165) is 0 Å². The zero-order valence-corrected chi connectivity index (χ0v) is 18.0. The number of aromatic nitrogens is 2. The van der Waals surface area contributed by atoms with Gasteiger partial charge in [0.2, 0.25) is 5.78 Å². The Hall–Kier alpha value is -3.36. The van der Waals surface area contributed by atoms with Crippen LogP contribution in [0.1, 0.15) is 78.1 Å². The van der Waals surface area contributed by atoms with E-state index in [0.29, 0.717) is 22.5 Å². The lowest BCUT2D eigenvalue weighted by Gasteiger charge is -2.06. The summed E-state index contributed by atoms with van der Waals surface area (Å²) in [7, 11) is 0. The monoisotopic (exact) mass is 418 g/mol. The van der Waals surface area contributed by atoms with Crippen molar-refractivity contribution in [1.82, 2.24) is 9.97 Å². The molecule has 0 atom stereocenters. The number of aryl methyl sites for hydroxylation is 2. The number of H-pyrrole nitrogens is 2. The van der Waals surface area contributed by atoms with E-state index in [9.17, 15) is 19.2 Å². The van der Waals surface area contributed by atoms with Crippen molar-refractivity contribution in [2.24, 2.45) is 0 Å². The van der Waals surface area contributed by atoms with Crippen LogP contribution < -0.4 is 0 Å². The fourth-order valence-corrected chi connectivity index (χ4v) is 3.31. The van der Waals surface area contributed by atoms with Crippen molar-refractivity contribution in [3.63, 3.8) is 0 Å². The summed E-state index contributed by atoms with van der Waals surface area (Å²) < 4.78 is 15.1. The van der Waals surface area contributed by atoms with E-state index in [4.69, 9.17) is 14.2 Å². The van der Waals surface area contributed by atoms with Crippen molar-refractivity contribution in [3.8, 4) is 0 Å². The summed E-state index contributed by atoms with van der Waals surface area (Å²) >= 11 is 0. The molecule has 30 heavy (non-hydrogen) atoms. The Morgan fingerprint density at radius 2 is 1.10 bits per heavy atom. The van der Waals surface area contributed by atoms with Crippen molar-refractivity contribution < 1.29 is 33.4 Å². The molecule has 0 aliphatic heterocycles. The first-order chi connectivity index (χ1) is 14.1. The van der Waals surface area contributed by atoms with Crippen LogP contribution >= 0.6 is 0 Å². The van der Waals surface area contributed by atoms with E-state index in [2.05, 4.69) is 9.97 Å². The number of hydrogen-bond donors (Lipinski definition) is 2. The molecule has 162 valence electrons. The third-order valence-corrected chi connectivity index (χ3v) is 4.65. The summed E-state index contributed by atoms with van der Waals surface area (Å²) in [6, 6.07) is 0. The molecule has 0 aliphatic carbocycles. The second-order valence-electron chi connectivity index (χ2n) is 6.69. The summed E-state index contributed by atoms with van der Waals surface area (Å²) in [5.74, 6) is -2.32. The summed E-state index contributed by atoms with van der Waals surface area (Å²) in [5, 5.41) is 0. The third kappa shape index (κ3) is 4.45. The second kappa shape index (κ2) is 9.43. The van der Waals surface area contributed by atoms with Crippen molar-refractivity contribution in [1.29, 1.82) is 0 Å². The van der Waals surface area contributed by atoms with Crippen LogP contribution in [-0.4, -0.2) is 53.5 Å². The molecule has 2 aromatic rings. The van der Waals surface area contributed by atoms with Gasteiger partial charge in [-0.15, -0.1) is 0 Å². The Kier molecular flexibility index (Phi) is 7.20. The van der Waals surface area contributed by atoms with Gasteiger partial charge in [0.15, 0.2) is 6.61 Å². The van der Waals surface area contributed by atoms with Crippen molar-refractivity contribution >= 4 is 23.7 Å². The van der Waals surface area contributed by atoms with Gasteiger partial charge in [-0.05, 0) is 52.7 Å². The zero-order chi connectivity index (χ0) is 22.6. The van der Waals surface area contributed by atoms with Gasteiger partial charge in [0, 0.05) is 17.0 Å². The molecule has 2 aromatic heterocycles. The molecule has 0 unspecified atom stereocenters. The molecule has 9 heteroatoms. The van der Waals surface area contributed by atoms with E-state index >= 15 is 0 Å². The molecule has 0 aliphatic rings. The molecule has 0 fully saturated rings. The predicted octanol–water partition coefficient (Wildman–Crippen LogP) is 2.97. The minimum Gasteiger partial charge on any atom is -0.462 e. The zero-order valence-electron chi connectivity index (χ0n) is 18.0. The quantitative estimate of drug-likeness (QED) is 0.383. The van der Waals surface area contributed by atoms with E-state index in [-0.39, 0.29) is 35.7 Å². The number of hydrogen-bond acceptors (Lipinski definition) is 7. The number of Topliss-reactive ketones (excluding diaryl/α,β-unsaturated/α-hetero) is 1. The average Bonchev–Trinajstić information content (AvgIpc) is 3.15. The lowest BCUT2D eigenvalue weighted by Crippen LogP contribution is -2.16. The lowest BCUT2D eigenvalue weighted by atomic mass is 10.1. The molecule has 2 rings (SSSR count). The highest BCUT2D eigenvalue weighted by atomic mass is 16.5. The number of ether oxygens (including phenoxy) is 3. The summed E-state index contributed by atoms with van der Waals surface area (Å²) in [6.45, 7) is 9.78. The maximum atomic E-state index is 12.6. The van der Waals surface area contributed by atoms with Gasteiger partial charge in [0.25, 0.3) is 0 Å². The predicted molar refractivity (Wildman–Crippen MR) is 107 cm³/mol. The molecular weight excluding hydrogens is 392 g/mol. The number of rotatable bonds is 8. The Morgan fingerprint density at radius 1 is 0.667 bits per heavy atom. The van der Waals surface area contributed by atoms with Gasteiger partial charge in [0.05, 0.1) is 18.8 Å². The molecule has 0 spiro atoms. The highest BCUT2D eigenvalue weighted by molar-refractivity contribution is 6.04. The maximum Gasteiger partial charge on any atom is 0.355 e. The molecule has 9 nitrogen and oxygen atoms in total. The van der Waals surface area contributed by atoms with Crippen LogP contribution in [-0.2, 0) is 14.2 Å². The molecule has 2 N–H and O–H groups in total. The lowest BCUT2D eigenvalue weighted by molar-refractivity contribution is 0.0467. The third-order valence-electron chi connectivity index (χ3n) is 4.65. The molecule has 0 saturated carbocycles. The standard InChI is InChI=1S/C21H26N2O7/c1-7-28-19(25)16-11(4)18(23-13(16)6)21(27)30-9-14(24)15-10(3)17(22-12(15)5)20(26)29-8-2/h22-23H,7-9H2,1-6H3. The van der Waals surface area contributed by atoms with Crippen LogP contribution in [0, 0.1) is 27.7 Å². The number of ketones is 1. The van der Waals surface area contributed by atoms with Crippen LogP contribution in [0.4, 0.5) is 0 Å². The molecule has 2 heterocycles.